The quantitative estimate of drug-likeness (QED) is 0.521. The highest BCUT2D eigenvalue weighted by Crippen LogP contribution is 2.49. The van der Waals surface area contributed by atoms with Crippen LogP contribution in [0.2, 0.25) is 0 Å². The van der Waals surface area contributed by atoms with Crippen LogP contribution in [0.3, 0.4) is 0 Å². The predicted molar refractivity (Wildman–Crippen MR) is 145 cm³/mol. The van der Waals surface area contributed by atoms with Gasteiger partial charge in [0.25, 0.3) is 0 Å². The third-order valence-electron chi connectivity index (χ3n) is 7.47. The van der Waals surface area contributed by atoms with Crippen molar-refractivity contribution in [2.24, 2.45) is 0 Å². The monoisotopic (exact) mass is 501 g/mol. The van der Waals surface area contributed by atoms with E-state index < -0.39 is 0 Å². The van der Waals surface area contributed by atoms with Crippen molar-refractivity contribution >= 4 is 29.0 Å². The number of pyridine rings is 1. The first kappa shape index (κ1) is 24.1. The Labute approximate surface area is 218 Å². The maximum Gasteiger partial charge on any atom is 0.229 e. The summed E-state index contributed by atoms with van der Waals surface area (Å²) < 4.78 is 11.7. The molecule has 3 aromatic rings. The predicted octanol–water partition coefficient (Wildman–Crippen LogP) is 3.97. The Kier molecular flexibility index (Phi) is 6.44. The van der Waals surface area contributed by atoms with Gasteiger partial charge >= 0.3 is 0 Å². The minimum atomic E-state index is -0.208. The van der Waals surface area contributed by atoms with Gasteiger partial charge in [-0.25, -0.2) is 9.97 Å². The van der Waals surface area contributed by atoms with Gasteiger partial charge in [0.1, 0.15) is 11.6 Å². The summed E-state index contributed by atoms with van der Waals surface area (Å²) >= 11 is 0. The Balaban J connectivity index is 1.30. The van der Waals surface area contributed by atoms with E-state index in [-0.39, 0.29) is 17.6 Å². The SMILES string of the molecule is CNCc1cccc(N2c3nc(Nc4ccc(N5CCOCC5)cc4)ncc3C3COC(C)(C)CC32)n1. The average Bonchev–Trinajstić information content (AvgIpc) is 3.21. The van der Waals surface area contributed by atoms with E-state index in [0.717, 1.165) is 61.3 Å². The van der Waals surface area contributed by atoms with Gasteiger partial charge in [0.05, 0.1) is 31.1 Å². The highest BCUT2D eigenvalue weighted by molar-refractivity contribution is 5.69. The van der Waals surface area contributed by atoms with Crippen molar-refractivity contribution in [3.63, 3.8) is 0 Å². The van der Waals surface area contributed by atoms with Crippen LogP contribution >= 0.6 is 0 Å². The van der Waals surface area contributed by atoms with Crippen molar-refractivity contribution in [3.8, 4) is 0 Å². The molecule has 2 fully saturated rings. The standard InChI is InChI=1S/C28H35N7O2/c1-28(2)15-24-23(18-37-28)22-17-30-27(32-19-7-9-21(10-8-19)34-11-13-36-14-12-34)33-26(22)35(24)25-6-4-5-20(31-25)16-29-3/h4-10,17,23-24,29H,11-16,18H2,1-3H3,(H,30,32,33). The van der Waals surface area contributed by atoms with Crippen molar-refractivity contribution in [3.05, 3.63) is 59.9 Å². The maximum absolute atomic E-state index is 6.23. The molecule has 5 heterocycles. The van der Waals surface area contributed by atoms with Crippen molar-refractivity contribution in [2.45, 2.75) is 44.4 Å². The minimum Gasteiger partial charge on any atom is -0.378 e. The number of aromatic nitrogens is 3. The van der Waals surface area contributed by atoms with Crippen LogP contribution in [-0.4, -0.2) is 66.6 Å². The van der Waals surface area contributed by atoms with Crippen LogP contribution in [0.25, 0.3) is 0 Å². The van der Waals surface area contributed by atoms with Gasteiger partial charge < -0.3 is 29.9 Å². The Morgan fingerprint density at radius 2 is 1.86 bits per heavy atom. The second-order valence-corrected chi connectivity index (χ2v) is 10.6. The normalized spacial score (nSPS) is 22.5. The van der Waals surface area contributed by atoms with Gasteiger partial charge in [-0.2, -0.15) is 4.98 Å². The van der Waals surface area contributed by atoms with Gasteiger partial charge in [0, 0.05) is 54.7 Å². The minimum absolute atomic E-state index is 0.208. The van der Waals surface area contributed by atoms with E-state index in [1.165, 1.54) is 5.69 Å². The Bertz CT molecular complexity index is 1240. The first-order chi connectivity index (χ1) is 18.0. The van der Waals surface area contributed by atoms with E-state index in [2.05, 4.69) is 76.7 Å². The van der Waals surface area contributed by atoms with Gasteiger partial charge in [-0.1, -0.05) is 6.07 Å². The second-order valence-electron chi connectivity index (χ2n) is 10.6. The number of fused-ring (bicyclic) bond motifs is 3. The van der Waals surface area contributed by atoms with Crippen molar-refractivity contribution < 1.29 is 9.47 Å². The molecule has 1 aromatic carbocycles. The van der Waals surface area contributed by atoms with Gasteiger partial charge in [0.15, 0.2) is 0 Å². The van der Waals surface area contributed by atoms with Crippen LogP contribution in [0.1, 0.15) is 37.4 Å². The number of nitrogens with zero attached hydrogens (tertiary/aromatic N) is 5. The number of nitrogens with one attached hydrogen (secondary N) is 2. The number of ether oxygens (including phenoxy) is 2. The zero-order valence-electron chi connectivity index (χ0n) is 21.8. The summed E-state index contributed by atoms with van der Waals surface area (Å²) in [5.74, 6) is 2.61. The molecule has 3 aliphatic rings. The van der Waals surface area contributed by atoms with E-state index in [0.29, 0.717) is 19.1 Å². The second kappa shape index (κ2) is 9.89. The first-order valence-electron chi connectivity index (χ1n) is 13.1. The average molecular weight is 502 g/mol. The van der Waals surface area contributed by atoms with E-state index in [1.54, 1.807) is 0 Å². The lowest BCUT2D eigenvalue weighted by Gasteiger charge is -2.40. The van der Waals surface area contributed by atoms with Crippen molar-refractivity contribution in [2.75, 3.05) is 55.1 Å². The van der Waals surface area contributed by atoms with E-state index in [1.807, 2.05) is 13.2 Å². The molecular formula is C28H35N7O2. The lowest BCUT2D eigenvalue weighted by Crippen LogP contribution is -2.45. The fourth-order valence-corrected chi connectivity index (χ4v) is 5.62. The molecule has 0 amide bonds. The van der Waals surface area contributed by atoms with E-state index >= 15 is 0 Å². The molecule has 0 spiro atoms. The van der Waals surface area contributed by atoms with Crippen LogP contribution in [-0.2, 0) is 16.0 Å². The molecular weight excluding hydrogens is 466 g/mol. The molecule has 2 unspecified atom stereocenters. The summed E-state index contributed by atoms with van der Waals surface area (Å²) in [6.45, 7) is 9.08. The Morgan fingerprint density at radius 3 is 2.65 bits per heavy atom. The zero-order valence-corrected chi connectivity index (χ0v) is 21.8. The van der Waals surface area contributed by atoms with Crippen LogP contribution in [0, 0.1) is 0 Å². The molecule has 0 aliphatic carbocycles. The van der Waals surface area contributed by atoms with Crippen LogP contribution in [0.5, 0.6) is 0 Å². The number of morpholine rings is 1. The molecule has 2 atom stereocenters. The molecule has 37 heavy (non-hydrogen) atoms. The van der Waals surface area contributed by atoms with E-state index in [9.17, 15) is 0 Å². The number of anilines is 5. The third kappa shape index (κ3) is 4.86. The molecule has 9 nitrogen and oxygen atoms in total. The van der Waals surface area contributed by atoms with Crippen LogP contribution in [0.15, 0.2) is 48.7 Å². The first-order valence-corrected chi connectivity index (χ1v) is 13.1. The highest BCUT2D eigenvalue weighted by atomic mass is 16.5. The van der Waals surface area contributed by atoms with Crippen LogP contribution < -0.4 is 20.4 Å². The maximum atomic E-state index is 6.23. The topological polar surface area (TPSA) is 87.7 Å². The number of benzene rings is 1. The fourth-order valence-electron chi connectivity index (χ4n) is 5.62. The van der Waals surface area contributed by atoms with Gasteiger partial charge in [-0.3, -0.25) is 0 Å². The highest BCUT2D eigenvalue weighted by Gasteiger charge is 2.47. The summed E-state index contributed by atoms with van der Waals surface area (Å²) in [5.41, 5.74) is 4.08. The lowest BCUT2D eigenvalue weighted by atomic mass is 9.85. The van der Waals surface area contributed by atoms with Gasteiger partial charge in [0.2, 0.25) is 5.95 Å². The summed E-state index contributed by atoms with van der Waals surface area (Å²) in [4.78, 5) is 19.4. The Morgan fingerprint density at radius 1 is 1.05 bits per heavy atom. The van der Waals surface area contributed by atoms with Gasteiger partial charge in [-0.15, -0.1) is 0 Å². The number of rotatable bonds is 6. The zero-order chi connectivity index (χ0) is 25.4. The summed E-state index contributed by atoms with van der Waals surface area (Å²) in [6.07, 6.45) is 2.85. The molecule has 2 saturated heterocycles. The smallest absolute Gasteiger partial charge is 0.229 e. The molecule has 0 radical (unpaired) electrons. The fraction of sp³-hybridized carbons (Fsp3) is 0.464. The van der Waals surface area contributed by atoms with Crippen molar-refractivity contribution in [1.82, 2.24) is 20.3 Å². The summed E-state index contributed by atoms with van der Waals surface area (Å²) in [7, 11) is 1.94. The molecule has 0 bridgehead atoms. The molecule has 2 aromatic heterocycles. The van der Waals surface area contributed by atoms with Crippen molar-refractivity contribution in [1.29, 1.82) is 0 Å². The molecule has 6 rings (SSSR count). The molecule has 2 N–H and O–H groups in total. The van der Waals surface area contributed by atoms with Crippen LogP contribution in [0.4, 0.5) is 29.0 Å². The molecule has 3 aliphatic heterocycles. The molecule has 194 valence electrons. The number of hydrogen-bond acceptors (Lipinski definition) is 9. The largest absolute Gasteiger partial charge is 0.378 e. The van der Waals surface area contributed by atoms with Gasteiger partial charge in [-0.05, 0) is 63.7 Å². The summed E-state index contributed by atoms with van der Waals surface area (Å²) in [5, 5.41) is 6.62. The molecule has 9 heteroatoms. The third-order valence-corrected chi connectivity index (χ3v) is 7.47. The molecule has 0 saturated carbocycles. The van der Waals surface area contributed by atoms with E-state index in [4.69, 9.17) is 24.4 Å². The lowest BCUT2D eigenvalue weighted by molar-refractivity contribution is -0.0658. The summed E-state index contributed by atoms with van der Waals surface area (Å²) in [6, 6.07) is 14.9. The Hall–Kier alpha value is -3.27. The number of hydrogen-bond donors (Lipinski definition) is 2.